The molecule has 0 saturated heterocycles. The van der Waals surface area contributed by atoms with Gasteiger partial charge < -0.3 is 10.0 Å². The van der Waals surface area contributed by atoms with Crippen LogP contribution in [0.3, 0.4) is 0 Å². The highest BCUT2D eigenvalue weighted by molar-refractivity contribution is 6.31. The predicted octanol–water partition coefficient (Wildman–Crippen LogP) is 4.60. The van der Waals surface area contributed by atoms with Crippen LogP contribution in [0, 0.1) is 6.92 Å². The highest BCUT2D eigenvalue weighted by Crippen LogP contribution is 2.26. The van der Waals surface area contributed by atoms with Gasteiger partial charge in [0.1, 0.15) is 0 Å². The van der Waals surface area contributed by atoms with Crippen LogP contribution in [0.25, 0.3) is 0 Å². The van der Waals surface area contributed by atoms with Crippen LogP contribution in [-0.2, 0) is 0 Å². The van der Waals surface area contributed by atoms with Gasteiger partial charge in [-0.05, 0) is 49.6 Å². The van der Waals surface area contributed by atoms with E-state index in [4.69, 9.17) is 11.6 Å². The molecule has 0 amide bonds. The molecule has 3 heteroatoms. The fourth-order valence-corrected chi connectivity index (χ4v) is 2.74. The van der Waals surface area contributed by atoms with Gasteiger partial charge in [0, 0.05) is 23.8 Å². The quantitative estimate of drug-likeness (QED) is 0.843. The molecular weight excluding hydrogens is 282 g/mol. The van der Waals surface area contributed by atoms with Crippen molar-refractivity contribution >= 4 is 17.3 Å². The Balaban J connectivity index is 2.02. The zero-order valence-corrected chi connectivity index (χ0v) is 13.3. The minimum Gasteiger partial charge on any atom is -0.388 e. The molecule has 0 saturated carbocycles. The Kier molecular flexibility index (Phi) is 5.66. The number of rotatable bonds is 6. The summed E-state index contributed by atoms with van der Waals surface area (Å²) in [4.78, 5) is 2.27. The lowest BCUT2D eigenvalue weighted by molar-refractivity contribution is 0.169. The van der Waals surface area contributed by atoms with Crippen LogP contribution in [0.4, 0.5) is 5.69 Å². The van der Waals surface area contributed by atoms with Crippen molar-refractivity contribution in [2.45, 2.75) is 26.4 Å². The molecule has 112 valence electrons. The second-order valence-corrected chi connectivity index (χ2v) is 5.65. The monoisotopic (exact) mass is 303 g/mol. The van der Waals surface area contributed by atoms with Crippen LogP contribution in [0.2, 0.25) is 5.02 Å². The Labute approximate surface area is 132 Å². The Morgan fingerprint density at radius 2 is 1.90 bits per heavy atom. The molecule has 21 heavy (non-hydrogen) atoms. The fourth-order valence-electron chi connectivity index (χ4n) is 2.47. The maximum Gasteiger partial charge on any atom is 0.0821 e. The first-order chi connectivity index (χ1) is 10.1. The van der Waals surface area contributed by atoms with Gasteiger partial charge in [-0.15, -0.1) is 0 Å². The zero-order chi connectivity index (χ0) is 15.2. The van der Waals surface area contributed by atoms with Gasteiger partial charge in [-0.2, -0.15) is 0 Å². The lowest BCUT2D eigenvalue weighted by atomic mass is 10.1. The second-order valence-electron chi connectivity index (χ2n) is 5.24. The van der Waals surface area contributed by atoms with E-state index in [0.717, 1.165) is 18.7 Å². The number of halogens is 1. The summed E-state index contributed by atoms with van der Waals surface area (Å²) in [6.07, 6.45) is 0.128. The van der Waals surface area contributed by atoms with Crippen molar-refractivity contribution in [1.82, 2.24) is 0 Å². The van der Waals surface area contributed by atoms with E-state index in [0.29, 0.717) is 11.4 Å². The van der Waals surface area contributed by atoms with Crippen LogP contribution in [0.5, 0.6) is 0 Å². The standard InChI is InChI=1S/C18H22ClNO/c1-3-20(15-8-6-7-14(2)13-15)12-11-18(21)16-9-4-5-10-17(16)19/h4-10,13,18,21H,3,11-12H2,1-2H3. The van der Waals surface area contributed by atoms with Crippen LogP contribution in [-0.4, -0.2) is 18.2 Å². The molecule has 0 bridgehead atoms. The number of aliphatic hydroxyl groups is 1. The molecule has 2 aromatic rings. The van der Waals surface area contributed by atoms with Gasteiger partial charge in [-0.25, -0.2) is 0 Å². The van der Waals surface area contributed by atoms with Gasteiger partial charge in [-0.1, -0.05) is 41.9 Å². The van der Waals surface area contributed by atoms with Gasteiger partial charge in [0.15, 0.2) is 0 Å². The third-order valence-electron chi connectivity index (χ3n) is 3.69. The molecular formula is C18H22ClNO. The summed E-state index contributed by atoms with van der Waals surface area (Å²) >= 11 is 6.13. The Hall–Kier alpha value is -1.51. The molecule has 1 unspecified atom stereocenters. The topological polar surface area (TPSA) is 23.5 Å². The molecule has 2 aromatic carbocycles. The van der Waals surface area contributed by atoms with Crippen LogP contribution >= 0.6 is 11.6 Å². The first kappa shape index (κ1) is 15.9. The Bertz CT molecular complexity index is 585. The maximum absolute atomic E-state index is 10.3. The summed E-state index contributed by atoms with van der Waals surface area (Å²) in [7, 11) is 0. The van der Waals surface area contributed by atoms with E-state index in [1.165, 1.54) is 11.3 Å². The van der Waals surface area contributed by atoms with Gasteiger partial charge >= 0.3 is 0 Å². The molecule has 0 aliphatic rings. The molecule has 0 radical (unpaired) electrons. The first-order valence-corrected chi connectivity index (χ1v) is 7.73. The first-order valence-electron chi connectivity index (χ1n) is 7.36. The van der Waals surface area contributed by atoms with Crippen LogP contribution in [0.1, 0.15) is 30.6 Å². The smallest absolute Gasteiger partial charge is 0.0821 e. The van der Waals surface area contributed by atoms with Gasteiger partial charge in [-0.3, -0.25) is 0 Å². The number of anilines is 1. The number of hydrogen-bond donors (Lipinski definition) is 1. The molecule has 1 N–H and O–H groups in total. The number of aryl methyl sites for hydroxylation is 1. The molecule has 0 aromatic heterocycles. The van der Waals surface area contributed by atoms with E-state index in [-0.39, 0.29) is 0 Å². The SMILES string of the molecule is CCN(CCC(O)c1ccccc1Cl)c1cccc(C)c1. The maximum atomic E-state index is 10.3. The summed E-state index contributed by atoms with van der Waals surface area (Å²) < 4.78 is 0. The lowest BCUT2D eigenvalue weighted by Gasteiger charge is -2.25. The van der Waals surface area contributed by atoms with Crippen molar-refractivity contribution in [2.24, 2.45) is 0 Å². The molecule has 1 atom stereocenters. The van der Waals surface area contributed by atoms with Crippen molar-refractivity contribution in [2.75, 3.05) is 18.0 Å². The van der Waals surface area contributed by atoms with E-state index in [2.05, 4.69) is 43.0 Å². The number of hydrogen-bond acceptors (Lipinski definition) is 2. The largest absolute Gasteiger partial charge is 0.388 e. The van der Waals surface area contributed by atoms with E-state index in [9.17, 15) is 5.11 Å². The van der Waals surface area contributed by atoms with Crippen molar-refractivity contribution in [1.29, 1.82) is 0 Å². The van der Waals surface area contributed by atoms with Crippen molar-refractivity contribution in [3.05, 3.63) is 64.7 Å². The van der Waals surface area contributed by atoms with E-state index >= 15 is 0 Å². The molecule has 0 spiro atoms. The van der Waals surface area contributed by atoms with Crippen molar-refractivity contribution < 1.29 is 5.11 Å². The molecule has 0 aliphatic carbocycles. The minimum atomic E-state index is -0.530. The van der Waals surface area contributed by atoms with Crippen LogP contribution < -0.4 is 4.90 Å². The third kappa shape index (κ3) is 4.23. The normalized spacial score (nSPS) is 12.2. The lowest BCUT2D eigenvalue weighted by Crippen LogP contribution is -2.25. The second kappa shape index (κ2) is 7.48. The molecule has 2 rings (SSSR count). The predicted molar refractivity (Wildman–Crippen MR) is 90.1 cm³/mol. The average Bonchev–Trinajstić information content (AvgIpc) is 2.48. The zero-order valence-electron chi connectivity index (χ0n) is 12.6. The summed E-state index contributed by atoms with van der Waals surface area (Å²) in [5.74, 6) is 0. The van der Waals surface area contributed by atoms with Gasteiger partial charge in [0.05, 0.1) is 6.10 Å². The summed E-state index contributed by atoms with van der Waals surface area (Å²) in [6, 6.07) is 15.9. The van der Waals surface area contributed by atoms with E-state index < -0.39 is 6.10 Å². The Morgan fingerprint density at radius 1 is 1.14 bits per heavy atom. The summed E-state index contributed by atoms with van der Waals surface area (Å²) in [5.41, 5.74) is 3.25. The van der Waals surface area contributed by atoms with Crippen LogP contribution in [0.15, 0.2) is 48.5 Å². The average molecular weight is 304 g/mol. The molecule has 2 nitrogen and oxygen atoms in total. The third-order valence-corrected chi connectivity index (χ3v) is 4.03. The fraction of sp³-hybridized carbons (Fsp3) is 0.333. The number of nitrogens with zero attached hydrogens (tertiary/aromatic N) is 1. The van der Waals surface area contributed by atoms with Crippen molar-refractivity contribution in [3.63, 3.8) is 0 Å². The molecule has 0 heterocycles. The van der Waals surface area contributed by atoms with Gasteiger partial charge in [0.2, 0.25) is 0 Å². The molecule has 0 aliphatic heterocycles. The van der Waals surface area contributed by atoms with E-state index in [1.807, 2.05) is 24.3 Å². The molecule has 0 fully saturated rings. The van der Waals surface area contributed by atoms with E-state index in [1.54, 1.807) is 0 Å². The highest BCUT2D eigenvalue weighted by Gasteiger charge is 2.13. The van der Waals surface area contributed by atoms with Crippen molar-refractivity contribution in [3.8, 4) is 0 Å². The minimum absolute atomic E-state index is 0.530. The number of aliphatic hydroxyl groups excluding tert-OH is 1. The Morgan fingerprint density at radius 3 is 2.57 bits per heavy atom. The summed E-state index contributed by atoms with van der Waals surface area (Å²) in [6.45, 7) is 5.94. The summed E-state index contributed by atoms with van der Waals surface area (Å²) in [5, 5.41) is 11.0. The number of benzene rings is 2. The van der Waals surface area contributed by atoms with Gasteiger partial charge in [0.25, 0.3) is 0 Å². The highest BCUT2D eigenvalue weighted by atomic mass is 35.5.